The van der Waals surface area contributed by atoms with Gasteiger partial charge in [-0.25, -0.2) is 10.0 Å². The van der Waals surface area contributed by atoms with E-state index in [1.165, 1.54) is 23.2 Å². The third-order valence-corrected chi connectivity index (χ3v) is 6.73. The predicted molar refractivity (Wildman–Crippen MR) is 136 cm³/mol. The van der Waals surface area contributed by atoms with Crippen LogP contribution < -0.4 is 20.7 Å². The van der Waals surface area contributed by atoms with Gasteiger partial charge in [-0.3, -0.25) is 10.1 Å². The zero-order valence-corrected chi connectivity index (χ0v) is 21.2. The number of rotatable bonds is 6. The highest BCUT2D eigenvalue weighted by molar-refractivity contribution is 6.42. The Morgan fingerprint density at radius 1 is 1.32 bits per heavy atom. The maximum atomic E-state index is 13.2. The molecule has 194 valence electrons. The number of nitriles is 1. The second-order valence-corrected chi connectivity index (χ2v) is 9.45. The molecule has 37 heavy (non-hydrogen) atoms. The smallest absolute Gasteiger partial charge is 0.387 e. The van der Waals surface area contributed by atoms with Gasteiger partial charge >= 0.3 is 6.61 Å². The summed E-state index contributed by atoms with van der Waals surface area (Å²) in [6.07, 6.45) is 3.38. The quantitative estimate of drug-likeness (QED) is 0.217. The van der Waals surface area contributed by atoms with Gasteiger partial charge in [0.15, 0.2) is 6.19 Å². The minimum Gasteiger partial charge on any atom is -0.435 e. The van der Waals surface area contributed by atoms with Crippen LogP contribution in [-0.4, -0.2) is 53.9 Å². The zero-order chi connectivity index (χ0) is 26.6. The third-order valence-electron chi connectivity index (χ3n) is 5.99. The van der Waals surface area contributed by atoms with E-state index in [1.54, 1.807) is 24.3 Å². The van der Waals surface area contributed by atoms with Crippen LogP contribution in [0.25, 0.3) is 0 Å². The summed E-state index contributed by atoms with van der Waals surface area (Å²) in [7, 11) is 0. The van der Waals surface area contributed by atoms with Gasteiger partial charge in [0, 0.05) is 11.6 Å². The summed E-state index contributed by atoms with van der Waals surface area (Å²) in [5.41, 5.74) is 0.631. The molecule has 13 heteroatoms. The molecule has 9 nitrogen and oxygen atoms in total. The Kier molecular flexibility index (Phi) is 8.12. The molecule has 2 heterocycles. The number of benzene rings is 2. The molecule has 0 spiro atoms. The van der Waals surface area contributed by atoms with E-state index in [4.69, 9.17) is 23.2 Å². The van der Waals surface area contributed by atoms with E-state index in [0.29, 0.717) is 27.7 Å². The van der Waals surface area contributed by atoms with Crippen molar-refractivity contribution < 1.29 is 18.3 Å². The molecule has 1 amide bonds. The highest BCUT2D eigenvalue weighted by Crippen LogP contribution is 2.27. The fourth-order valence-corrected chi connectivity index (χ4v) is 4.42. The second kappa shape index (κ2) is 11.3. The lowest BCUT2D eigenvalue weighted by Crippen LogP contribution is -2.56. The molecular formula is C24H23Cl2F2N7O2. The van der Waals surface area contributed by atoms with Crippen molar-refractivity contribution >= 4 is 46.5 Å². The van der Waals surface area contributed by atoms with Crippen LogP contribution in [0.2, 0.25) is 10.0 Å². The van der Waals surface area contributed by atoms with Crippen molar-refractivity contribution in [3.8, 4) is 11.9 Å². The van der Waals surface area contributed by atoms with Crippen LogP contribution in [0.4, 0.5) is 14.5 Å². The molecular weight excluding hydrogens is 527 g/mol. The topological polar surface area (TPSA) is 114 Å². The van der Waals surface area contributed by atoms with Gasteiger partial charge in [0.1, 0.15) is 5.75 Å². The summed E-state index contributed by atoms with van der Waals surface area (Å²) in [4.78, 5) is 17.5. The number of hydrogen-bond donors (Lipinski definition) is 3. The number of nitrogens with one attached hydrogen (secondary N) is 3. The standard InChI is InChI=1S/C24H23Cl2F2N7O2/c1-24(8-3-9-31-24)21(36)33-19-12-35(34-20(19)14-6-7-17(25)18(26)10-14)23(30-13-29)32-15-4-2-5-16(11-15)37-22(27)28/h2,4-7,10-11,19,22,31H,3,8-9,12H2,1H3,(H,30,32)(H,33,36)/t19?,24-/m1/s1. The molecule has 0 bridgehead atoms. The predicted octanol–water partition coefficient (Wildman–Crippen LogP) is 4.00. The second-order valence-electron chi connectivity index (χ2n) is 8.63. The van der Waals surface area contributed by atoms with Crippen LogP contribution in [0.1, 0.15) is 25.3 Å². The molecule has 3 N–H and O–H groups in total. The average Bonchev–Trinajstić information content (AvgIpc) is 3.48. The summed E-state index contributed by atoms with van der Waals surface area (Å²) in [6, 6.07) is 10.1. The highest BCUT2D eigenvalue weighted by Gasteiger charge is 2.40. The number of guanidine groups is 1. The summed E-state index contributed by atoms with van der Waals surface area (Å²) in [5.74, 6) is -0.249. The lowest BCUT2D eigenvalue weighted by atomic mass is 9.97. The molecule has 0 aromatic heterocycles. The molecule has 1 unspecified atom stereocenters. The van der Waals surface area contributed by atoms with Gasteiger partial charge < -0.3 is 15.4 Å². The number of hydrazone groups is 1. The van der Waals surface area contributed by atoms with Gasteiger partial charge in [-0.15, -0.1) is 0 Å². The average molecular weight is 550 g/mol. The lowest BCUT2D eigenvalue weighted by molar-refractivity contribution is -0.126. The van der Waals surface area contributed by atoms with Crippen LogP contribution in [0.15, 0.2) is 52.6 Å². The van der Waals surface area contributed by atoms with Crippen molar-refractivity contribution in [2.45, 2.75) is 38.0 Å². The van der Waals surface area contributed by atoms with Gasteiger partial charge in [-0.2, -0.15) is 19.1 Å². The Balaban J connectivity index is 1.67. The molecule has 2 aromatic carbocycles. The molecule has 1 saturated heterocycles. The van der Waals surface area contributed by atoms with Gasteiger partial charge in [-0.05, 0) is 50.6 Å². The third kappa shape index (κ3) is 6.28. The van der Waals surface area contributed by atoms with E-state index in [0.717, 1.165) is 13.0 Å². The van der Waals surface area contributed by atoms with Gasteiger partial charge in [0.25, 0.3) is 0 Å². The Labute approximate surface area is 222 Å². The first-order valence-electron chi connectivity index (χ1n) is 11.3. The lowest BCUT2D eigenvalue weighted by Gasteiger charge is -2.26. The number of halogens is 4. The number of nitrogens with zero attached hydrogens (tertiary/aromatic N) is 4. The number of carbonyl (C=O) groups excluding carboxylic acids is 1. The van der Waals surface area contributed by atoms with Gasteiger partial charge in [-0.1, -0.05) is 35.3 Å². The number of carbonyl (C=O) groups is 1. The Morgan fingerprint density at radius 3 is 2.81 bits per heavy atom. The molecule has 2 aliphatic heterocycles. The van der Waals surface area contributed by atoms with E-state index in [1.807, 2.05) is 13.1 Å². The number of amides is 1. The maximum absolute atomic E-state index is 13.2. The number of aliphatic imine (C=N–C) groups is 1. The Hall–Kier alpha value is -3.46. The summed E-state index contributed by atoms with van der Waals surface area (Å²) < 4.78 is 29.7. The number of ether oxygens (including phenoxy) is 1. The molecule has 0 radical (unpaired) electrons. The molecule has 0 aliphatic carbocycles. The van der Waals surface area contributed by atoms with Crippen molar-refractivity contribution in [3.05, 3.63) is 58.1 Å². The number of hydrogen-bond acceptors (Lipinski definition) is 6. The van der Waals surface area contributed by atoms with Crippen LogP contribution in [0.3, 0.4) is 0 Å². The van der Waals surface area contributed by atoms with Gasteiger partial charge in [0.2, 0.25) is 11.9 Å². The normalized spacial score (nSPS) is 21.5. The first-order valence-corrected chi connectivity index (χ1v) is 12.1. The minimum atomic E-state index is -2.99. The van der Waals surface area contributed by atoms with Crippen LogP contribution in [-0.2, 0) is 4.79 Å². The molecule has 0 saturated carbocycles. The first-order chi connectivity index (χ1) is 17.7. The van der Waals surface area contributed by atoms with E-state index >= 15 is 0 Å². The van der Waals surface area contributed by atoms with Crippen molar-refractivity contribution in [3.63, 3.8) is 0 Å². The fraction of sp³-hybridized carbons (Fsp3) is 0.333. The van der Waals surface area contributed by atoms with E-state index in [-0.39, 0.29) is 29.8 Å². The largest absolute Gasteiger partial charge is 0.435 e. The molecule has 2 atom stereocenters. The highest BCUT2D eigenvalue weighted by atomic mass is 35.5. The molecule has 2 aliphatic rings. The molecule has 4 rings (SSSR count). The Bertz CT molecular complexity index is 1280. The summed E-state index contributed by atoms with van der Waals surface area (Å²) in [6.45, 7) is -0.270. The van der Waals surface area contributed by atoms with Crippen molar-refractivity contribution in [2.24, 2.45) is 10.1 Å². The van der Waals surface area contributed by atoms with Crippen LogP contribution >= 0.6 is 23.2 Å². The van der Waals surface area contributed by atoms with E-state index in [2.05, 4.69) is 30.8 Å². The maximum Gasteiger partial charge on any atom is 0.387 e. The van der Waals surface area contributed by atoms with Gasteiger partial charge in [0.05, 0.1) is 39.6 Å². The van der Waals surface area contributed by atoms with Crippen LogP contribution in [0.5, 0.6) is 5.75 Å². The SMILES string of the molecule is C[C@]1(C(=O)NC2CN(C(=Nc3cccc(OC(F)F)c3)NC#N)N=C2c2ccc(Cl)c(Cl)c2)CCCN1. The van der Waals surface area contributed by atoms with E-state index in [9.17, 15) is 18.8 Å². The fourth-order valence-electron chi connectivity index (χ4n) is 4.12. The van der Waals surface area contributed by atoms with Crippen molar-refractivity contribution in [2.75, 3.05) is 13.1 Å². The molecule has 1 fully saturated rings. The van der Waals surface area contributed by atoms with E-state index < -0.39 is 18.2 Å². The van der Waals surface area contributed by atoms with Crippen LogP contribution in [0, 0.1) is 11.5 Å². The summed E-state index contributed by atoms with van der Waals surface area (Å²) >= 11 is 12.3. The minimum absolute atomic E-state index is 0.0243. The van der Waals surface area contributed by atoms with Crippen molar-refractivity contribution in [1.82, 2.24) is 21.0 Å². The first kappa shape index (κ1) is 26.6. The Morgan fingerprint density at radius 2 is 2.14 bits per heavy atom. The monoisotopic (exact) mass is 549 g/mol. The number of alkyl halides is 2. The zero-order valence-electron chi connectivity index (χ0n) is 19.6. The summed E-state index contributed by atoms with van der Waals surface area (Å²) in [5, 5.41) is 24.8. The van der Waals surface area contributed by atoms with Crippen molar-refractivity contribution in [1.29, 1.82) is 5.26 Å². The molecule has 2 aromatic rings.